The van der Waals surface area contributed by atoms with Crippen LogP contribution in [0.4, 0.5) is 5.69 Å². The maximum Gasteiger partial charge on any atom is 0.224 e. The van der Waals surface area contributed by atoms with E-state index < -0.39 is 0 Å². The molecule has 1 aromatic heterocycles. The normalized spacial score (nSPS) is 13.5. The molecule has 0 fully saturated rings. The van der Waals surface area contributed by atoms with Crippen molar-refractivity contribution in [1.82, 2.24) is 9.97 Å². The number of carbonyl (C=O) groups is 1. The summed E-state index contributed by atoms with van der Waals surface area (Å²) in [5, 5.41) is 3.87. The van der Waals surface area contributed by atoms with Crippen molar-refractivity contribution in [2.75, 3.05) is 17.7 Å². The molecule has 5 nitrogen and oxygen atoms in total. The SMILES string of the molecule is O=C1CCc2cc(OCCCCSc3nc4ccccc4[nH]3)ccc2N1. The van der Waals surface area contributed by atoms with E-state index in [4.69, 9.17) is 4.74 Å². The van der Waals surface area contributed by atoms with Crippen molar-refractivity contribution in [2.24, 2.45) is 0 Å². The summed E-state index contributed by atoms with van der Waals surface area (Å²) in [5.74, 6) is 1.98. The van der Waals surface area contributed by atoms with E-state index in [1.165, 1.54) is 0 Å². The van der Waals surface area contributed by atoms with Crippen molar-refractivity contribution >= 4 is 34.4 Å². The first-order chi connectivity index (χ1) is 12.8. The number of anilines is 1. The number of H-pyrrole nitrogens is 1. The monoisotopic (exact) mass is 367 g/mol. The average molecular weight is 367 g/mol. The van der Waals surface area contributed by atoms with Crippen LogP contribution in [0.25, 0.3) is 11.0 Å². The summed E-state index contributed by atoms with van der Waals surface area (Å²) < 4.78 is 5.85. The Morgan fingerprint density at radius 1 is 1.12 bits per heavy atom. The molecular weight excluding hydrogens is 346 g/mol. The molecule has 0 aliphatic carbocycles. The number of amides is 1. The zero-order valence-corrected chi connectivity index (χ0v) is 15.3. The molecule has 6 heteroatoms. The van der Waals surface area contributed by atoms with Gasteiger partial charge in [0.1, 0.15) is 5.75 Å². The van der Waals surface area contributed by atoms with Crippen LogP contribution in [-0.2, 0) is 11.2 Å². The Kier molecular flexibility index (Phi) is 5.11. The van der Waals surface area contributed by atoms with E-state index in [1.54, 1.807) is 11.8 Å². The molecule has 2 aromatic carbocycles. The molecule has 1 amide bonds. The third-order valence-electron chi connectivity index (χ3n) is 4.39. The van der Waals surface area contributed by atoms with E-state index in [9.17, 15) is 4.79 Å². The minimum atomic E-state index is 0.0909. The molecule has 4 rings (SSSR count). The molecule has 26 heavy (non-hydrogen) atoms. The summed E-state index contributed by atoms with van der Waals surface area (Å²) in [4.78, 5) is 19.3. The van der Waals surface area contributed by atoms with Crippen LogP contribution in [0.2, 0.25) is 0 Å². The van der Waals surface area contributed by atoms with Crippen molar-refractivity contribution in [3.63, 3.8) is 0 Å². The van der Waals surface area contributed by atoms with Gasteiger partial charge in [-0.3, -0.25) is 4.79 Å². The first-order valence-electron chi connectivity index (χ1n) is 8.91. The predicted octanol–water partition coefficient (Wildman–Crippen LogP) is 4.40. The number of ether oxygens (including phenoxy) is 1. The van der Waals surface area contributed by atoms with E-state index in [0.29, 0.717) is 13.0 Å². The Bertz CT molecular complexity index is 889. The second-order valence-electron chi connectivity index (χ2n) is 6.33. The number of hydrogen-bond acceptors (Lipinski definition) is 4. The minimum absolute atomic E-state index is 0.0909. The zero-order valence-electron chi connectivity index (χ0n) is 14.5. The van der Waals surface area contributed by atoms with Gasteiger partial charge in [-0.1, -0.05) is 23.9 Å². The quantitative estimate of drug-likeness (QED) is 0.480. The second kappa shape index (κ2) is 7.83. The van der Waals surface area contributed by atoms with Gasteiger partial charge in [-0.05, 0) is 55.2 Å². The van der Waals surface area contributed by atoms with Crippen molar-refractivity contribution < 1.29 is 9.53 Å². The number of unbranched alkanes of at least 4 members (excludes halogenated alkanes) is 1. The summed E-state index contributed by atoms with van der Waals surface area (Å²) in [6, 6.07) is 14.0. The lowest BCUT2D eigenvalue weighted by Gasteiger charge is -2.17. The summed E-state index contributed by atoms with van der Waals surface area (Å²) in [7, 11) is 0. The van der Waals surface area contributed by atoms with Gasteiger partial charge in [0.15, 0.2) is 5.16 Å². The first kappa shape index (κ1) is 17.0. The number of aryl methyl sites for hydroxylation is 1. The molecule has 134 valence electrons. The number of imidazole rings is 1. The Balaban J connectivity index is 1.19. The summed E-state index contributed by atoms with van der Waals surface area (Å²) in [6.07, 6.45) is 3.41. The van der Waals surface area contributed by atoms with E-state index in [2.05, 4.69) is 15.3 Å². The van der Waals surface area contributed by atoms with Gasteiger partial charge >= 0.3 is 0 Å². The highest BCUT2D eigenvalue weighted by molar-refractivity contribution is 7.99. The third-order valence-corrected chi connectivity index (χ3v) is 5.35. The highest BCUT2D eigenvalue weighted by atomic mass is 32.2. The standard InChI is InChI=1S/C20H21N3O2S/c24-19-10-7-14-13-15(8-9-16(14)21-19)25-11-3-4-12-26-20-22-17-5-1-2-6-18(17)23-20/h1-2,5-6,8-9,13H,3-4,7,10-12H2,(H,21,24)(H,22,23). The summed E-state index contributed by atoms with van der Waals surface area (Å²) >= 11 is 1.75. The number of benzene rings is 2. The fraction of sp³-hybridized carbons (Fsp3) is 0.300. The molecule has 1 aliphatic rings. The number of thioether (sulfide) groups is 1. The molecular formula is C20H21N3O2S. The van der Waals surface area contributed by atoms with Gasteiger partial charge in [0.2, 0.25) is 5.91 Å². The highest BCUT2D eigenvalue weighted by Gasteiger charge is 2.14. The van der Waals surface area contributed by atoms with Crippen LogP contribution in [-0.4, -0.2) is 28.2 Å². The van der Waals surface area contributed by atoms with Crippen LogP contribution in [0.5, 0.6) is 5.75 Å². The molecule has 2 heterocycles. The van der Waals surface area contributed by atoms with Crippen LogP contribution in [0.1, 0.15) is 24.8 Å². The van der Waals surface area contributed by atoms with Crippen molar-refractivity contribution in [3.8, 4) is 5.75 Å². The molecule has 2 N–H and O–H groups in total. The van der Waals surface area contributed by atoms with E-state index in [-0.39, 0.29) is 5.91 Å². The number of para-hydroxylation sites is 2. The molecule has 0 saturated carbocycles. The lowest BCUT2D eigenvalue weighted by Crippen LogP contribution is -2.18. The molecule has 3 aromatic rings. The van der Waals surface area contributed by atoms with E-state index in [1.807, 2.05) is 42.5 Å². The highest BCUT2D eigenvalue weighted by Crippen LogP contribution is 2.27. The lowest BCUT2D eigenvalue weighted by atomic mass is 10.0. The van der Waals surface area contributed by atoms with Crippen molar-refractivity contribution in [2.45, 2.75) is 30.8 Å². The fourth-order valence-electron chi connectivity index (χ4n) is 3.01. The van der Waals surface area contributed by atoms with E-state index in [0.717, 1.165) is 58.2 Å². The summed E-state index contributed by atoms with van der Waals surface area (Å²) in [6.45, 7) is 0.700. The molecule has 0 unspecified atom stereocenters. The number of nitrogens with zero attached hydrogens (tertiary/aromatic N) is 1. The van der Waals surface area contributed by atoms with Crippen LogP contribution in [0, 0.1) is 0 Å². The molecule has 0 radical (unpaired) electrons. The van der Waals surface area contributed by atoms with Gasteiger partial charge in [0.25, 0.3) is 0 Å². The fourth-order valence-corrected chi connectivity index (χ4v) is 3.90. The second-order valence-corrected chi connectivity index (χ2v) is 7.41. The van der Waals surface area contributed by atoms with Gasteiger partial charge in [-0.15, -0.1) is 0 Å². The Morgan fingerprint density at radius 3 is 2.96 bits per heavy atom. The van der Waals surface area contributed by atoms with Gasteiger partial charge in [0, 0.05) is 17.9 Å². The van der Waals surface area contributed by atoms with Crippen molar-refractivity contribution in [1.29, 1.82) is 0 Å². The van der Waals surface area contributed by atoms with Crippen LogP contribution in [0.15, 0.2) is 47.6 Å². The molecule has 0 spiro atoms. The Labute approximate surface area is 156 Å². The Hall–Kier alpha value is -2.47. The smallest absolute Gasteiger partial charge is 0.224 e. The zero-order chi connectivity index (χ0) is 17.8. The molecule has 0 saturated heterocycles. The molecule has 0 atom stereocenters. The van der Waals surface area contributed by atoms with Crippen LogP contribution < -0.4 is 10.1 Å². The molecule has 0 bridgehead atoms. The predicted molar refractivity (Wildman–Crippen MR) is 105 cm³/mol. The topological polar surface area (TPSA) is 67.0 Å². The van der Waals surface area contributed by atoms with Gasteiger partial charge in [-0.2, -0.15) is 0 Å². The van der Waals surface area contributed by atoms with Crippen LogP contribution >= 0.6 is 11.8 Å². The summed E-state index contributed by atoms with van der Waals surface area (Å²) in [5.41, 5.74) is 4.17. The number of aromatic amines is 1. The number of rotatable bonds is 7. The number of fused-ring (bicyclic) bond motifs is 2. The van der Waals surface area contributed by atoms with Crippen LogP contribution in [0.3, 0.4) is 0 Å². The Morgan fingerprint density at radius 2 is 2.04 bits per heavy atom. The number of aromatic nitrogens is 2. The number of hydrogen-bond donors (Lipinski definition) is 2. The number of nitrogens with one attached hydrogen (secondary N) is 2. The maximum atomic E-state index is 11.4. The van der Waals surface area contributed by atoms with Crippen molar-refractivity contribution in [3.05, 3.63) is 48.0 Å². The lowest BCUT2D eigenvalue weighted by molar-refractivity contribution is -0.116. The van der Waals surface area contributed by atoms with Gasteiger partial charge in [0.05, 0.1) is 17.6 Å². The number of carbonyl (C=O) groups excluding carboxylic acids is 1. The molecule has 1 aliphatic heterocycles. The largest absolute Gasteiger partial charge is 0.494 e. The first-order valence-corrected chi connectivity index (χ1v) is 9.90. The minimum Gasteiger partial charge on any atom is -0.494 e. The average Bonchev–Trinajstić information content (AvgIpc) is 3.07. The van der Waals surface area contributed by atoms with E-state index >= 15 is 0 Å². The maximum absolute atomic E-state index is 11.4. The van der Waals surface area contributed by atoms with Gasteiger partial charge in [-0.25, -0.2) is 4.98 Å². The third kappa shape index (κ3) is 4.02. The van der Waals surface area contributed by atoms with Gasteiger partial charge < -0.3 is 15.0 Å².